The van der Waals surface area contributed by atoms with Gasteiger partial charge in [0.2, 0.25) is 0 Å². The van der Waals surface area contributed by atoms with E-state index >= 15 is 0 Å². The van der Waals surface area contributed by atoms with Gasteiger partial charge in [-0.1, -0.05) is 39.7 Å². The van der Waals surface area contributed by atoms with Gasteiger partial charge in [-0.25, -0.2) is 0 Å². The van der Waals surface area contributed by atoms with Crippen LogP contribution in [0, 0.1) is 6.92 Å². The lowest BCUT2D eigenvalue weighted by molar-refractivity contribution is 0.988. The average molecular weight is 399 g/mol. The quantitative estimate of drug-likeness (QED) is 0.513. The van der Waals surface area contributed by atoms with E-state index in [0.717, 1.165) is 14.5 Å². The smallest absolute Gasteiger partial charge is 0.0954 e. The maximum Gasteiger partial charge on any atom is 0.0954 e. The molecule has 5 heteroatoms. The highest BCUT2D eigenvalue weighted by molar-refractivity contribution is 9.10. The normalized spacial score (nSPS) is 12.3. The maximum absolute atomic E-state index is 6.11. The topological polar surface area (TPSA) is 12.0 Å². The molecule has 108 valence electrons. The van der Waals surface area contributed by atoms with Gasteiger partial charge < -0.3 is 5.32 Å². The number of thiophene rings is 2. The molecule has 0 spiro atoms. The van der Waals surface area contributed by atoms with Gasteiger partial charge in [-0.15, -0.1) is 22.7 Å². The highest BCUT2D eigenvalue weighted by Crippen LogP contribution is 2.36. The van der Waals surface area contributed by atoms with Crippen LogP contribution in [-0.4, -0.2) is 0 Å². The highest BCUT2D eigenvalue weighted by atomic mass is 79.9. The maximum atomic E-state index is 6.11. The highest BCUT2D eigenvalue weighted by Gasteiger charge is 2.18. The molecule has 0 saturated carbocycles. The molecular weight excluding hydrogens is 386 g/mol. The van der Waals surface area contributed by atoms with E-state index in [4.69, 9.17) is 11.6 Å². The number of benzene rings is 1. The molecule has 21 heavy (non-hydrogen) atoms. The first-order valence-electron chi connectivity index (χ1n) is 6.45. The predicted molar refractivity (Wildman–Crippen MR) is 98.0 cm³/mol. The summed E-state index contributed by atoms with van der Waals surface area (Å²) < 4.78 is 1.89. The van der Waals surface area contributed by atoms with Crippen LogP contribution in [0.1, 0.15) is 21.4 Å². The largest absolute Gasteiger partial charge is 0.372 e. The lowest BCUT2D eigenvalue weighted by Gasteiger charge is -2.19. The van der Waals surface area contributed by atoms with Crippen molar-refractivity contribution in [2.24, 2.45) is 0 Å². The van der Waals surface area contributed by atoms with E-state index in [2.05, 4.69) is 69.9 Å². The van der Waals surface area contributed by atoms with Crippen LogP contribution >= 0.6 is 50.2 Å². The van der Waals surface area contributed by atoms with Gasteiger partial charge in [0.15, 0.2) is 0 Å². The average Bonchev–Trinajstić information content (AvgIpc) is 3.11. The molecule has 0 fully saturated rings. The second-order valence-corrected chi connectivity index (χ2v) is 8.34. The molecule has 2 heterocycles. The summed E-state index contributed by atoms with van der Waals surface area (Å²) in [5, 5.41) is 5.76. The SMILES string of the molecule is Cc1ccc(Br)cc1NC(c1cccs1)c1ccc(Cl)s1. The van der Waals surface area contributed by atoms with Crippen molar-refractivity contribution in [3.8, 4) is 0 Å². The van der Waals surface area contributed by atoms with Gasteiger partial charge >= 0.3 is 0 Å². The zero-order valence-corrected chi connectivity index (χ0v) is 15.2. The molecule has 3 aromatic rings. The summed E-state index contributed by atoms with van der Waals surface area (Å²) in [6, 6.07) is 14.7. The number of hydrogen-bond acceptors (Lipinski definition) is 3. The van der Waals surface area contributed by atoms with Crippen molar-refractivity contribution in [1.82, 2.24) is 0 Å². The second kappa shape index (κ2) is 6.53. The molecule has 1 aromatic carbocycles. The van der Waals surface area contributed by atoms with E-state index < -0.39 is 0 Å². The van der Waals surface area contributed by atoms with Crippen LogP contribution in [0.2, 0.25) is 4.34 Å². The summed E-state index contributed by atoms with van der Waals surface area (Å²) in [6.07, 6.45) is 0. The summed E-state index contributed by atoms with van der Waals surface area (Å²) in [7, 11) is 0. The third kappa shape index (κ3) is 3.51. The van der Waals surface area contributed by atoms with Crippen molar-refractivity contribution >= 4 is 55.9 Å². The molecule has 1 atom stereocenters. The van der Waals surface area contributed by atoms with Gasteiger partial charge in [0, 0.05) is 19.9 Å². The van der Waals surface area contributed by atoms with Gasteiger partial charge in [-0.2, -0.15) is 0 Å². The van der Waals surface area contributed by atoms with Gasteiger partial charge in [-0.3, -0.25) is 0 Å². The van der Waals surface area contributed by atoms with Crippen LogP contribution in [0.25, 0.3) is 0 Å². The Hall–Kier alpha value is -0.810. The van der Waals surface area contributed by atoms with Crippen molar-refractivity contribution < 1.29 is 0 Å². The Kier molecular flexibility index (Phi) is 4.69. The van der Waals surface area contributed by atoms with Crippen LogP contribution in [0.15, 0.2) is 52.3 Å². The molecule has 0 saturated heterocycles. The van der Waals surface area contributed by atoms with Gasteiger partial charge in [0.05, 0.1) is 10.4 Å². The van der Waals surface area contributed by atoms with Crippen molar-refractivity contribution in [1.29, 1.82) is 0 Å². The van der Waals surface area contributed by atoms with E-state index in [1.54, 1.807) is 22.7 Å². The summed E-state index contributed by atoms with van der Waals surface area (Å²) in [6.45, 7) is 2.11. The first kappa shape index (κ1) is 15.1. The van der Waals surface area contributed by atoms with Crippen LogP contribution in [0.5, 0.6) is 0 Å². The van der Waals surface area contributed by atoms with Crippen LogP contribution in [-0.2, 0) is 0 Å². The Labute approximate surface area is 145 Å². The van der Waals surface area contributed by atoms with E-state index in [9.17, 15) is 0 Å². The third-order valence-corrected chi connectivity index (χ3v) is 5.93. The van der Waals surface area contributed by atoms with Crippen molar-refractivity contribution in [3.63, 3.8) is 0 Å². The molecule has 1 nitrogen and oxygen atoms in total. The van der Waals surface area contributed by atoms with Gasteiger partial charge in [-0.05, 0) is 48.2 Å². The fraction of sp³-hybridized carbons (Fsp3) is 0.125. The monoisotopic (exact) mass is 397 g/mol. The molecule has 0 amide bonds. The minimum Gasteiger partial charge on any atom is -0.372 e. The van der Waals surface area contributed by atoms with E-state index in [-0.39, 0.29) is 6.04 Å². The fourth-order valence-corrected chi connectivity index (χ4v) is 4.49. The molecule has 3 rings (SSSR count). The Bertz CT molecular complexity index is 737. The minimum absolute atomic E-state index is 0.135. The second-order valence-electron chi connectivity index (χ2n) is 4.69. The Balaban J connectivity index is 1.98. The van der Waals surface area contributed by atoms with Crippen molar-refractivity contribution in [3.05, 3.63) is 72.0 Å². The molecule has 1 unspecified atom stereocenters. The lowest BCUT2D eigenvalue weighted by Crippen LogP contribution is -2.10. The van der Waals surface area contributed by atoms with Gasteiger partial charge in [0.25, 0.3) is 0 Å². The molecule has 0 aliphatic rings. The Morgan fingerprint density at radius 3 is 2.67 bits per heavy atom. The molecule has 2 aromatic heterocycles. The van der Waals surface area contributed by atoms with Crippen LogP contribution < -0.4 is 5.32 Å². The standard InChI is InChI=1S/C16H13BrClNS2/c1-10-4-5-11(17)9-12(10)19-16(13-3-2-8-20-13)14-6-7-15(18)21-14/h2-9,16,19H,1H3. The number of rotatable bonds is 4. The number of aryl methyl sites for hydroxylation is 1. The number of hydrogen-bond donors (Lipinski definition) is 1. The van der Waals surface area contributed by atoms with Crippen molar-refractivity contribution in [2.45, 2.75) is 13.0 Å². The first-order valence-corrected chi connectivity index (χ1v) is 9.31. The summed E-state index contributed by atoms with van der Waals surface area (Å²) >= 11 is 13.0. The minimum atomic E-state index is 0.135. The Morgan fingerprint density at radius 1 is 1.14 bits per heavy atom. The Morgan fingerprint density at radius 2 is 2.00 bits per heavy atom. The lowest BCUT2D eigenvalue weighted by atomic mass is 10.1. The number of halogens is 2. The van der Waals surface area contributed by atoms with E-state index in [1.807, 2.05) is 6.07 Å². The molecular formula is C16H13BrClNS2. The zero-order valence-electron chi connectivity index (χ0n) is 11.3. The van der Waals surface area contributed by atoms with E-state index in [1.165, 1.54) is 15.3 Å². The predicted octanol–water partition coefficient (Wildman–Crippen LogP) is 6.74. The summed E-state index contributed by atoms with van der Waals surface area (Å²) in [5.41, 5.74) is 2.36. The molecule has 0 bridgehead atoms. The molecule has 0 aliphatic heterocycles. The fourth-order valence-electron chi connectivity index (χ4n) is 2.13. The van der Waals surface area contributed by atoms with E-state index in [0.29, 0.717) is 0 Å². The summed E-state index contributed by atoms with van der Waals surface area (Å²) in [4.78, 5) is 2.51. The van der Waals surface area contributed by atoms with Crippen LogP contribution in [0.3, 0.4) is 0 Å². The third-order valence-electron chi connectivity index (χ3n) is 3.21. The molecule has 0 aliphatic carbocycles. The summed E-state index contributed by atoms with van der Waals surface area (Å²) in [5.74, 6) is 0. The molecule has 0 radical (unpaired) electrons. The number of nitrogens with one attached hydrogen (secondary N) is 1. The molecule has 1 N–H and O–H groups in total. The van der Waals surface area contributed by atoms with Crippen LogP contribution in [0.4, 0.5) is 5.69 Å². The van der Waals surface area contributed by atoms with Crippen molar-refractivity contribution in [2.75, 3.05) is 5.32 Å². The zero-order chi connectivity index (χ0) is 14.8. The number of anilines is 1. The van der Waals surface area contributed by atoms with Gasteiger partial charge in [0.1, 0.15) is 0 Å². The first-order chi connectivity index (χ1) is 10.1.